The van der Waals surface area contributed by atoms with Crippen molar-refractivity contribution in [2.45, 2.75) is 6.10 Å². The number of anilines is 2. The zero-order valence-electron chi connectivity index (χ0n) is 9.94. The molecule has 0 fully saturated rings. The lowest BCUT2D eigenvalue weighted by Crippen LogP contribution is -2.24. The molecule has 1 aromatic carbocycles. The lowest BCUT2D eigenvalue weighted by atomic mass is 10.1. The van der Waals surface area contributed by atoms with E-state index in [1.54, 1.807) is 12.1 Å². The van der Waals surface area contributed by atoms with Gasteiger partial charge in [0.1, 0.15) is 0 Å². The van der Waals surface area contributed by atoms with Crippen molar-refractivity contribution in [2.75, 3.05) is 36.9 Å². The number of hydrogen-bond donors (Lipinski definition) is 5. The molecule has 1 unspecified atom stereocenters. The average Bonchev–Trinajstić information content (AvgIpc) is 2.58. The van der Waals surface area contributed by atoms with Gasteiger partial charge in [0, 0.05) is 19.6 Å². The minimum atomic E-state index is -0.819. The molecule has 0 bridgehead atoms. The van der Waals surface area contributed by atoms with E-state index in [1.807, 2.05) is 6.07 Å². The zero-order valence-corrected chi connectivity index (χ0v) is 9.94. The smallest absolute Gasteiger partial charge is 0.253 e. The SMILES string of the molecule is O=C1NCCNc2c(NCC(O)CO)cccc21. The molecule has 2 rings (SSSR count). The molecule has 5 N–H and O–H groups in total. The Morgan fingerprint density at radius 2 is 2.11 bits per heavy atom. The van der Waals surface area contributed by atoms with E-state index >= 15 is 0 Å². The lowest BCUT2D eigenvalue weighted by molar-refractivity contribution is 0.0958. The van der Waals surface area contributed by atoms with E-state index < -0.39 is 6.10 Å². The number of hydrogen-bond acceptors (Lipinski definition) is 5. The molecule has 0 radical (unpaired) electrons. The Morgan fingerprint density at radius 1 is 1.33 bits per heavy atom. The predicted molar refractivity (Wildman–Crippen MR) is 68.8 cm³/mol. The molecule has 6 nitrogen and oxygen atoms in total. The fraction of sp³-hybridized carbons (Fsp3) is 0.417. The van der Waals surface area contributed by atoms with Gasteiger partial charge in [0.15, 0.2) is 0 Å². The van der Waals surface area contributed by atoms with Gasteiger partial charge in [0.05, 0.1) is 29.6 Å². The molecule has 0 saturated heterocycles. The molecular weight excluding hydrogens is 234 g/mol. The Morgan fingerprint density at radius 3 is 2.89 bits per heavy atom. The van der Waals surface area contributed by atoms with Gasteiger partial charge in [0.25, 0.3) is 5.91 Å². The number of rotatable bonds is 4. The molecule has 1 aliphatic heterocycles. The quantitative estimate of drug-likeness (QED) is 0.502. The Labute approximate surface area is 105 Å². The van der Waals surface area contributed by atoms with Crippen LogP contribution in [-0.2, 0) is 0 Å². The van der Waals surface area contributed by atoms with Gasteiger partial charge in [-0.05, 0) is 12.1 Å². The largest absolute Gasteiger partial charge is 0.394 e. The third-order valence-corrected chi connectivity index (χ3v) is 2.76. The Balaban J connectivity index is 2.21. The molecule has 1 heterocycles. The monoisotopic (exact) mass is 251 g/mol. The van der Waals surface area contributed by atoms with Crippen LogP contribution in [0.3, 0.4) is 0 Å². The summed E-state index contributed by atoms with van der Waals surface area (Å²) < 4.78 is 0. The third kappa shape index (κ3) is 2.72. The van der Waals surface area contributed by atoms with Crippen LogP contribution < -0.4 is 16.0 Å². The second-order valence-electron chi connectivity index (χ2n) is 4.13. The number of aliphatic hydroxyl groups is 2. The number of carbonyl (C=O) groups excluding carboxylic acids is 1. The minimum absolute atomic E-state index is 0.110. The summed E-state index contributed by atoms with van der Waals surface area (Å²) in [5.41, 5.74) is 2.06. The number of para-hydroxylation sites is 1. The van der Waals surface area contributed by atoms with Crippen molar-refractivity contribution in [3.63, 3.8) is 0 Å². The summed E-state index contributed by atoms with van der Waals surface area (Å²) in [6.45, 7) is 1.17. The Kier molecular flexibility index (Phi) is 4.01. The van der Waals surface area contributed by atoms with Crippen LogP contribution in [0.25, 0.3) is 0 Å². The first-order valence-corrected chi connectivity index (χ1v) is 5.90. The summed E-state index contributed by atoms with van der Waals surface area (Å²) >= 11 is 0. The summed E-state index contributed by atoms with van der Waals surface area (Å²) in [7, 11) is 0. The number of nitrogens with one attached hydrogen (secondary N) is 3. The van der Waals surface area contributed by atoms with Crippen molar-refractivity contribution in [3.8, 4) is 0 Å². The van der Waals surface area contributed by atoms with Crippen LogP contribution in [0.5, 0.6) is 0 Å². The maximum absolute atomic E-state index is 11.8. The van der Waals surface area contributed by atoms with Crippen LogP contribution in [0.1, 0.15) is 10.4 Å². The van der Waals surface area contributed by atoms with Crippen LogP contribution in [-0.4, -0.2) is 48.5 Å². The zero-order chi connectivity index (χ0) is 13.0. The summed E-state index contributed by atoms with van der Waals surface area (Å²) in [6.07, 6.45) is -0.819. The van der Waals surface area contributed by atoms with Gasteiger partial charge < -0.3 is 26.2 Å². The molecule has 0 aliphatic carbocycles. The molecular formula is C12H17N3O3. The maximum atomic E-state index is 11.8. The van der Waals surface area contributed by atoms with E-state index in [9.17, 15) is 9.90 Å². The van der Waals surface area contributed by atoms with E-state index in [-0.39, 0.29) is 19.1 Å². The molecule has 0 saturated carbocycles. The first kappa shape index (κ1) is 12.7. The third-order valence-electron chi connectivity index (χ3n) is 2.76. The van der Waals surface area contributed by atoms with E-state index in [1.165, 1.54) is 0 Å². The van der Waals surface area contributed by atoms with Crippen molar-refractivity contribution < 1.29 is 15.0 Å². The number of fused-ring (bicyclic) bond motifs is 1. The maximum Gasteiger partial charge on any atom is 0.253 e. The van der Waals surface area contributed by atoms with Crippen molar-refractivity contribution >= 4 is 17.3 Å². The Hall–Kier alpha value is -1.79. The lowest BCUT2D eigenvalue weighted by Gasteiger charge is -2.16. The van der Waals surface area contributed by atoms with Gasteiger partial charge in [-0.2, -0.15) is 0 Å². The molecule has 1 amide bonds. The summed E-state index contributed by atoms with van der Waals surface area (Å²) in [4.78, 5) is 11.8. The van der Waals surface area contributed by atoms with Crippen LogP contribution in [0, 0.1) is 0 Å². The van der Waals surface area contributed by atoms with Crippen LogP contribution in [0.2, 0.25) is 0 Å². The normalized spacial score (nSPS) is 16.0. The first-order chi connectivity index (χ1) is 8.72. The molecule has 18 heavy (non-hydrogen) atoms. The molecule has 0 spiro atoms. The highest BCUT2D eigenvalue weighted by molar-refractivity contribution is 6.03. The van der Waals surface area contributed by atoms with E-state index in [0.29, 0.717) is 18.7 Å². The minimum Gasteiger partial charge on any atom is -0.394 e. The van der Waals surface area contributed by atoms with Gasteiger partial charge in [-0.1, -0.05) is 6.07 Å². The highest BCUT2D eigenvalue weighted by atomic mass is 16.3. The van der Waals surface area contributed by atoms with Gasteiger partial charge in [-0.15, -0.1) is 0 Å². The van der Waals surface area contributed by atoms with Crippen molar-refractivity contribution in [1.82, 2.24) is 5.32 Å². The molecule has 6 heteroatoms. The number of aliphatic hydroxyl groups excluding tert-OH is 2. The van der Waals surface area contributed by atoms with Gasteiger partial charge in [-0.3, -0.25) is 4.79 Å². The predicted octanol–water partition coefficient (Wildman–Crippen LogP) is -0.393. The highest BCUT2D eigenvalue weighted by Gasteiger charge is 2.17. The first-order valence-electron chi connectivity index (χ1n) is 5.90. The van der Waals surface area contributed by atoms with Gasteiger partial charge in [-0.25, -0.2) is 0 Å². The standard InChI is InChI=1S/C12H17N3O3/c16-7-8(17)6-15-10-3-1-2-9-11(10)13-4-5-14-12(9)18/h1-3,8,13,15-17H,4-7H2,(H,14,18). The molecule has 1 aromatic rings. The fourth-order valence-corrected chi connectivity index (χ4v) is 1.83. The summed E-state index contributed by atoms with van der Waals surface area (Å²) in [6, 6.07) is 5.35. The second-order valence-corrected chi connectivity index (χ2v) is 4.13. The van der Waals surface area contributed by atoms with Gasteiger partial charge in [0.2, 0.25) is 0 Å². The Bertz CT molecular complexity index is 437. The molecule has 0 aromatic heterocycles. The van der Waals surface area contributed by atoms with Crippen molar-refractivity contribution in [1.29, 1.82) is 0 Å². The number of carbonyl (C=O) groups is 1. The topological polar surface area (TPSA) is 93.6 Å². The molecule has 1 atom stereocenters. The van der Waals surface area contributed by atoms with Crippen molar-refractivity contribution in [2.24, 2.45) is 0 Å². The van der Waals surface area contributed by atoms with E-state index in [0.717, 1.165) is 11.4 Å². The average molecular weight is 251 g/mol. The number of benzene rings is 1. The summed E-state index contributed by atoms with van der Waals surface area (Å²) in [5, 5.41) is 27.1. The molecule has 1 aliphatic rings. The highest BCUT2D eigenvalue weighted by Crippen LogP contribution is 2.27. The van der Waals surface area contributed by atoms with Crippen LogP contribution >= 0.6 is 0 Å². The van der Waals surface area contributed by atoms with Crippen LogP contribution in [0.15, 0.2) is 18.2 Å². The fourth-order valence-electron chi connectivity index (χ4n) is 1.83. The van der Waals surface area contributed by atoms with Crippen LogP contribution in [0.4, 0.5) is 11.4 Å². The van der Waals surface area contributed by atoms with E-state index in [2.05, 4.69) is 16.0 Å². The molecule has 98 valence electrons. The van der Waals surface area contributed by atoms with Gasteiger partial charge >= 0.3 is 0 Å². The van der Waals surface area contributed by atoms with Crippen molar-refractivity contribution in [3.05, 3.63) is 23.8 Å². The number of amides is 1. The second kappa shape index (κ2) is 5.70. The summed E-state index contributed by atoms with van der Waals surface area (Å²) in [5.74, 6) is -0.110. The van der Waals surface area contributed by atoms with E-state index in [4.69, 9.17) is 5.11 Å².